The zero-order chi connectivity index (χ0) is 15.4. The van der Waals surface area contributed by atoms with E-state index in [1.807, 2.05) is 31.2 Å². The highest BCUT2D eigenvalue weighted by molar-refractivity contribution is 5.80. The van der Waals surface area contributed by atoms with Gasteiger partial charge in [0.25, 0.3) is 0 Å². The third-order valence-corrected chi connectivity index (χ3v) is 4.04. The number of hydrogen-bond acceptors (Lipinski definition) is 3. The molecule has 5 nitrogen and oxygen atoms in total. The molecule has 1 N–H and O–H groups in total. The zero-order valence-electron chi connectivity index (χ0n) is 12.4. The van der Waals surface area contributed by atoms with Gasteiger partial charge < -0.3 is 14.7 Å². The van der Waals surface area contributed by atoms with Crippen LogP contribution in [0.5, 0.6) is 5.75 Å². The highest BCUT2D eigenvalue weighted by atomic mass is 16.5. The number of amides is 1. The van der Waals surface area contributed by atoms with Crippen LogP contribution in [0.4, 0.5) is 0 Å². The molecule has 1 aromatic carbocycles. The summed E-state index contributed by atoms with van der Waals surface area (Å²) in [7, 11) is 1.59. The summed E-state index contributed by atoms with van der Waals surface area (Å²) < 4.78 is 5.15. The number of hydrogen-bond donors (Lipinski definition) is 1. The van der Waals surface area contributed by atoms with Crippen molar-refractivity contribution in [3.8, 4) is 5.75 Å². The van der Waals surface area contributed by atoms with Crippen molar-refractivity contribution in [2.24, 2.45) is 5.92 Å². The number of carboxylic acid groups (broad SMARTS) is 1. The molecule has 0 radical (unpaired) electrons. The van der Waals surface area contributed by atoms with Crippen LogP contribution in [0.1, 0.15) is 25.3 Å². The lowest BCUT2D eigenvalue weighted by atomic mass is 9.93. The van der Waals surface area contributed by atoms with Crippen molar-refractivity contribution < 1.29 is 19.4 Å². The van der Waals surface area contributed by atoms with Crippen LogP contribution in [0.25, 0.3) is 0 Å². The fraction of sp³-hybridized carbons (Fsp3) is 0.500. The van der Waals surface area contributed by atoms with Crippen LogP contribution in [0, 0.1) is 5.92 Å². The Balaban J connectivity index is 2.05. The Morgan fingerprint density at radius 1 is 1.38 bits per heavy atom. The maximum atomic E-state index is 12.4. The fourth-order valence-electron chi connectivity index (χ4n) is 2.71. The minimum Gasteiger partial charge on any atom is -0.497 e. The molecule has 1 aliphatic heterocycles. The third-order valence-electron chi connectivity index (χ3n) is 4.04. The third kappa shape index (κ3) is 3.74. The van der Waals surface area contributed by atoms with Gasteiger partial charge in [-0.1, -0.05) is 12.1 Å². The van der Waals surface area contributed by atoms with Crippen LogP contribution in [0.2, 0.25) is 0 Å². The molecule has 0 spiro atoms. The van der Waals surface area contributed by atoms with Gasteiger partial charge in [-0.05, 0) is 37.5 Å². The summed E-state index contributed by atoms with van der Waals surface area (Å²) in [6.07, 6.45) is 1.65. The number of methoxy groups -OCH3 is 1. The lowest BCUT2D eigenvalue weighted by Crippen LogP contribution is -2.47. The van der Waals surface area contributed by atoms with E-state index in [9.17, 15) is 9.59 Å². The molecule has 0 aliphatic carbocycles. The molecule has 1 saturated heterocycles. The molecule has 1 heterocycles. The summed E-state index contributed by atoms with van der Waals surface area (Å²) in [6.45, 7) is 2.28. The van der Waals surface area contributed by atoms with Crippen LogP contribution in [-0.4, -0.2) is 41.6 Å². The topological polar surface area (TPSA) is 66.8 Å². The molecule has 0 aromatic heterocycles. The Morgan fingerprint density at radius 2 is 2.14 bits per heavy atom. The normalized spacial score (nSPS) is 21.9. The van der Waals surface area contributed by atoms with Crippen molar-refractivity contribution >= 4 is 11.9 Å². The first-order chi connectivity index (χ1) is 10.0. The maximum Gasteiger partial charge on any atom is 0.308 e. The summed E-state index contributed by atoms with van der Waals surface area (Å²) in [6, 6.07) is 7.49. The van der Waals surface area contributed by atoms with Crippen molar-refractivity contribution in [2.45, 2.75) is 32.2 Å². The summed E-state index contributed by atoms with van der Waals surface area (Å²) in [5.74, 6) is -0.575. The highest BCUT2D eigenvalue weighted by Gasteiger charge is 2.32. The van der Waals surface area contributed by atoms with E-state index in [1.165, 1.54) is 0 Å². The van der Waals surface area contributed by atoms with Gasteiger partial charge in [0, 0.05) is 12.6 Å². The second kappa shape index (κ2) is 6.61. The summed E-state index contributed by atoms with van der Waals surface area (Å²) in [5.41, 5.74) is 0.879. The first-order valence-electron chi connectivity index (χ1n) is 7.16. The lowest BCUT2D eigenvalue weighted by Gasteiger charge is -2.36. The molecule has 1 aromatic rings. The Kier molecular flexibility index (Phi) is 4.83. The van der Waals surface area contributed by atoms with Gasteiger partial charge in [0.1, 0.15) is 5.75 Å². The SMILES string of the molecule is COc1cccc(CC(=O)N2CC(C(=O)O)CCC2C)c1. The number of nitrogens with zero attached hydrogens (tertiary/aromatic N) is 1. The smallest absolute Gasteiger partial charge is 0.308 e. The molecule has 21 heavy (non-hydrogen) atoms. The number of carboxylic acids is 1. The van der Waals surface area contributed by atoms with E-state index in [2.05, 4.69) is 0 Å². The largest absolute Gasteiger partial charge is 0.497 e. The molecular formula is C16H21NO4. The molecule has 1 fully saturated rings. The Hall–Kier alpha value is -2.04. The van der Waals surface area contributed by atoms with Crippen molar-refractivity contribution in [1.82, 2.24) is 4.90 Å². The van der Waals surface area contributed by atoms with Crippen molar-refractivity contribution in [2.75, 3.05) is 13.7 Å². The average molecular weight is 291 g/mol. The molecule has 5 heteroatoms. The number of likely N-dealkylation sites (tertiary alicyclic amines) is 1. The van der Waals surface area contributed by atoms with Crippen LogP contribution in [0.3, 0.4) is 0 Å². The molecule has 0 saturated carbocycles. The molecule has 114 valence electrons. The summed E-state index contributed by atoms with van der Waals surface area (Å²) in [5, 5.41) is 9.13. The van der Waals surface area contributed by atoms with Crippen molar-refractivity contribution in [3.63, 3.8) is 0 Å². The van der Waals surface area contributed by atoms with E-state index in [4.69, 9.17) is 9.84 Å². The molecule has 1 amide bonds. The molecule has 2 unspecified atom stereocenters. The van der Waals surface area contributed by atoms with Gasteiger partial charge in [0.05, 0.1) is 19.4 Å². The average Bonchev–Trinajstić information content (AvgIpc) is 2.47. The van der Waals surface area contributed by atoms with E-state index in [0.29, 0.717) is 13.0 Å². The minimum atomic E-state index is -0.818. The van der Waals surface area contributed by atoms with Crippen LogP contribution >= 0.6 is 0 Å². The number of benzene rings is 1. The van der Waals surface area contributed by atoms with Crippen LogP contribution in [0.15, 0.2) is 24.3 Å². The Labute approximate surface area is 124 Å². The quantitative estimate of drug-likeness (QED) is 0.920. The first-order valence-corrected chi connectivity index (χ1v) is 7.16. The van der Waals surface area contributed by atoms with E-state index in [1.54, 1.807) is 12.0 Å². The summed E-state index contributed by atoms with van der Waals surface area (Å²) >= 11 is 0. The molecule has 0 bridgehead atoms. The van der Waals surface area contributed by atoms with E-state index in [-0.39, 0.29) is 18.4 Å². The van der Waals surface area contributed by atoms with Gasteiger partial charge in [-0.25, -0.2) is 0 Å². The number of rotatable bonds is 4. The molecule has 2 rings (SSSR count). The van der Waals surface area contributed by atoms with Crippen molar-refractivity contribution in [1.29, 1.82) is 0 Å². The molecule has 1 aliphatic rings. The van der Waals surface area contributed by atoms with Crippen molar-refractivity contribution in [3.05, 3.63) is 29.8 Å². The summed E-state index contributed by atoms with van der Waals surface area (Å²) in [4.78, 5) is 25.3. The second-order valence-corrected chi connectivity index (χ2v) is 5.54. The van der Waals surface area contributed by atoms with Gasteiger partial charge in [-0.15, -0.1) is 0 Å². The van der Waals surface area contributed by atoms with Crippen LogP contribution in [-0.2, 0) is 16.0 Å². The van der Waals surface area contributed by atoms with E-state index < -0.39 is 11.9 Å². The number of aliphatic carboxylic acids is 1. The van der Waals surface area contributed by atoms with Gasteiger partial charge in [0.2, 0.25) is 5.91 Å². The van der Waals surface area contributed by atoms with E-state index >= 15 is 0 Å². The predicted molar refractivity (Wildman–Crippen MR) is 78.2 cm³/mol. The maximum absolute atomic E-state index is 12.4. The molecular weight excluding hydrogens is 270 g/mol. The number of ether oxygens (including phenoxy) is 1. The van der Waals surface area contributed by atoms with Gasteiger partial charge >= 0.3 is 5.97 Å². The Bertz CT molecular complexity index is 529. The van der Waals surface area contributed by atoms with Gasteiger partial charge in [0.15, 0.2) is 0 Å². The number of carbonyl (C=O) groups excluding carboxylic acids is 1. The number of piperidine rings is 1. The Morgan fingerprint density at radius 3 is 2.81 bits per heavy atom. The predicted octanol–water partition coefficient (Wildman–Crippen LogP) is 1.95. The van der Waals surface area contributed by atoms with Gasteiger partial charge in [-0.2, -0.15) is 0 Å². The monoisotopic (exact) mass is 291 g/mol. The van der Waals surface area contributed by atoms with Gasteiger partial charge in [-0.3, -0.25) is 9.59 Å². The fourth-order valence-corrected chi connectivity index (χ4v) is 2.71. The zero-order valence-corrected chi connectivity index (χ0v) is 12.4. The standard InChI is InChI=1S/C16H21NO4/c1-11-6-7-13(16(19)20)10-17(11)15(18)9-12-4-3-5-14(8-12)21-2/h3-5,8,11,13H,6-7,9-10H2,1-2H3,(H,19,20). The van der Waals surface area contributed by atoms with Crippen LogP contribution < -0.4 is 4.74 Å². The highest BCUT2D eigenvalue weighted by Crippen LogP contribution is 2.23. The number of carbonyl (C=O) groups is 2. The first kappa shape index (κ1) is 15.4. The lowest BCUT2D eigenvalue weighted by molar-refractivity contribution is -0.146. The minimum absolute atomic E-state index is 0.0262. The molecule has 2 atom stereocenters. The second-order valence-electron chi connectivity index (χ2n) is 5.54. The van der Waals surface area contributed by atoms with E-state index in [0.717, 1.165) is 17.7 Å².